The largest absolute Gasteiger partial charge is 0.494 e. The third kappa shape index (κ3) is 2.46. The molecule has 0 saturated carbocycles. The highest BCUT2D eigenvalue weighted by Gasteiger charge is 2.01. The topological polar surface area (TPSA) is 29.5 Å². The predicted molar refractivity (Wildman–Crippen MR) is 52.3 cm³/mol. The van der Waals surface area contributed by atoms with Gasteiger partial charge in [0, 0.05) is 0 Å². The Kier molecular flexibility index (Phi) is 3.77. The summed E-state index contributed by atoms with van der Waals surface area (Å²) in [5.74, 6) is 0.806. The van der Waals surface area contributed by atoms with Gasteiger partial charge in [0.05, 0.1) is 6.61 Å². The molecule has 0 aromatic heterocycles. The number of hydrogen-bond donors (Lipinski definition) is 1. The number of ether oxygens (including phenoxy) is 1. The van der Waals surface area contributed by atoms with E-state index in [4.69, 9.17) is 9.84 Å². The van der Waals surface area contributed by atoms with Gasteiger partial charge in [-0.3, -0.25) is 0 Å². The highest BCUT2D eigenvalue weighted by molar-refractivity contribution is 5.38. The van der Waals surface area contributed by atoms with Crippen LogP contribution in [-0.4, -0.2) is 11.7 Å². The monoisotopic (exact) mass is 179 g/mol. The molecule has 1 aromatic carbocycles. The Morgan fingerprint density at radius 1 is 1.38 bits per heavy atom. The number of rotatable bonds is 4. The summed E-state index contributed by atoms with van der Waals surface area (Å²) in [7, 11) is 0. The van der Waals surface area contributed by atoms with E-state index >= 15 is 0 Å². The van der Waals surface area contributed by atoms with E-state index in [0.717, 1.165) is 29.9 Å². The molecule has 1 N–H and O–H groups in total. The van der Waals surface area contributed by atoms with Gasteiger partial charge in [-0.1, -0.05) is 13.0 Å². The van der Waals surface area contributed by atoms with Crippen LogP contribution < -0.4 is 4.74 Å². The molecule has 0 atom stereocenters. The van der Waals surface area contributed by atoms with E-state index in [1.165, 1.54) is 0 Å². The van der Waals surface area contributed by atoms with Crippen molar-refractivity contribution >= 4 is 0 Å². The minimum absolute atomic E-state index is 0.649. The fourth-order valence-electron chi connectivity index (χ4n) is 1.27. The third-order valence-electron chi connectivity index (χ3n) is 1.95. The fraction of sp³-hybridized carbons (Fsp3) is 0.364. The molecule has 0 heterocycles. The van der Waals surface area contributed by atoms with Crippen LogP contribution in [-0.2, 0) is 6.42 Å². The molecular formula is C11H15O2. The van der Waals surface area contributed by atoms with Gasteiger partial charge in [-0.05, 0) is 36.6 Å². The van der Waals surface area contributed by atoms with Gasteiger partial charge in [0.2, 0.25) is 0 Å². The number of aliphatic hydroxyl groups is 1. The molecule has 0 spiro atoms. The van der Waals surface area contributed by atoms with E-state index in [9.17, 15) is 0 Å². The van der Waals surface area contributed by atoms with Gasteiger partial charge >= 0.3 is 0 Å². The minimum Gasteiger partial charge on any atom is -0.494 e. The second kappa shape index (κ2) is 4.87. The van der Waals surface area contributed by atoms with Crippen molar-refractivity contribution in [2.75, 3.05) is 6.61 Å². The second-order valence-electron chi connectivity index (χ2n) is 2.78. The van der Waals surface area contributed by atoms with Crippen molar-refractivity contribution in [2.45, 2.75) is 20.3 Å². The molecule has 0 aliphatic carbocycles. The summed E-state index contributed by atoms with van der Waals surface area (Å²) < 4.78 is 5.32. The molecule has 0 amide bonds. The molecular weight excluding hydrogens is 164 g/mol. The van der Waals surface area contributed by atoms with Crippen LogP contribution in [0.3, 0.4) is 0 Å². The summed E-state index contributed by atoms with van der Waals surface area (Å²) in [5, 5.41) is 8.96. The molecule has 0 aliphatic rings. The molecule has 1 rings (SSSR count). The first-order valence-electron chi connectivity index (χ1n) is 4.55. The molecule has 0 unspecified atom stereocenters. The van der Waals surface area contributed by atoms with E-state index in [-0.39, 0.29) is 0 Å². The average molecular weight is 179 g/mol. The lowest BCUT2D eigenvalue weighted by Crippen LogP contribution is -1.95. The Hall–Kier alpha value is -1.02. The first kappa shape index (κ1) is 10.1. The van der Waals surface area contributed by atoms with Crippen molar-refractivity contribution in [2.24, 2.45) is 0 Å². The molecule has 0 fully saturated rings. The van der Waals surface area contributed by atoms with Crippen molar-refractivity contribution in [1.29, 1.82) is 0 Å². The van der Waals surface area contributed by atoms with Crippen molar-refractivity contribution in [3.8, 4) is 5.75 Å². The quantitative estimate of drug-likeness (QED) is 0.769. The SMILES string of the molecule is CCOc1ccc(CC)c([CH]O)c1. The number of hydrogen-bond acceptors (Lipinski definition) is 2. The lowest BCUT2D eigenvalue weighted by Gasteiger charge is -2.08. The molecule has 2 nitrogen and oxygen atoms in total. The summed E-state index contributed by atoms with van der Waals surface area (Å²) in [6.07, 6.45) is 0.915. The summed E-state index contributed by atoms with van der Waals surface area (Å²) in [6, 6.07) is 5.75. The molecule has 0 bridgehead atoms. The van der Waals surface area contributed by atoms with Crippen LogP contribution in [0.5, 0.6) is 5.75 Å². The van der Waals surface area contributed by atoms with E-state index in [2.05, 4.69) is 6.92 Å². The maximum atomic E-state index is 8.96. The number of aliphatic hydroxyl groups excluding tert-OH is 1. The van der Waals surface area contributed by atoms with Crippen LogP contribution in [0.4, 0.5) is 0 Å². The maximum Gasteiger partial charge on any atom is 0.119 e. The maximum absolute atomic E-state index is 8.96. The normalized spacial score (nSPS) is 10.1. The Labute approximate surface area is 79.2 Å². The Balaban J connectivity index is 2.91. The van der Waals surface area contributed by atoms with Crippen LogP contribution in [0.2, 0.25) is 0 Å². The van der Waals surface area contributed by atoms with E-state index < -0.39 is 0 Å². The predicted octanol–water partition coefficient (Wildman–Crippen LogP) is 2.53. The van der Waals surface area contributed by atoms with E-state index in [1.807, 2.05) is 25.1 Å². The smallest absolute Gasteiger partial charge is 0.119 e. The summed E-state index contributed by atoms with van der Waals surface area (Å²) in [6.45, 7) is 5.77. The van der Waals surface area contributed by atoms with Gasteiger partial charge in [0.1, 0.15) is 12.4 Å². The summed E-state index contributed by atoms with van der Waals surface area (Å²) in [4.78, 5) is 0. The molecule has 2 heteroatoms. The Bertz CT molecular complexity index is 269. The molecule has 0 aliphatic heterocycles. The fourth-order valence-corrected chi connectivity index (χ4v) is 1.27. The van der Waals surface area contributed by atoms with Gasteiger partial charge < -0.3 is 9.84 Å². The Morgan fingerprint density at radius 2 is 2.15 bits per heavy atom. The van der Waals surface area contributed by atoms with Gasteiger partial charge in [0.25, 0.3) is 0 Å². The van der Waals surface area contributed by atoms with E-state index in [0.29, 0.717) is 6.61 Å². The molecule has 1 radical (unpaired) electrons. The lowest BCUT2D eigenvalue weighted by atomic mass is 10.1. The van der Waals surface area contributed by atoms with Gasteiger partial charge in [0.15, 0.2) is 0 Å². The van der Waals surface area contributed by atoms with Crippen LogP contribution in [0, 0.1) is 6.61 Å². The van der Waals surface area contributed by atoms with Gasteiger partial charge in [-0.2, -0.15) is 0 Å². The first-order chi connectivity index (χ1) is 6.31. The molecule has 13 heavy (non-hydrogen) atoms. The number of benzene rings is 1. The van der Waals surface area contributed by atoms with Gasteiger partial charge in [-0.25, -0.2) is 0 Å². The standard InChI is InChI=1S/C11H15O2/c1-3-9-5-6-11(13-4-2)7-10(9)8-12/h5-8,12H,3-4H2,1-2H3. The number of aryl methyl sites for hydroxylation is 1. The third-order valence-corrected chi connectivity index (χ3v) is 1.95. The highest BCUT2D eigenvalue weighted by Crippen LogP contribution is 2.19. The van der Waals surface area contributed by atoms with Crippen LogP contribution in [0.25, 0.3) is 0 Å². The zero-order valence-electron chi connectivity index (χ0n) is 8.08. The lowest BCUT2D eigenvalue weighted by molar-refractivity contribution is 0.339. The summed E-state index contributed by atoms with van der Waals surface area (Å²) in [5.41, 5.74) is 1.97. The highest BCUT2D eigenvalue weighted by atomic mass is 16.5. The van der Waals surface area contributed by atoms with Crippen LogP contribution >= 0.6 is 0 Å². The van der Waals surface area contributed by atoms with Crippen molar-refractivity contribution in [3.63, 3.8) is 0 Å². The van der Waals surface area contributed by atoms with Crippen molar-refractivity contribution < 1.29 is 9.84 Å². The van der Waals surface area contributed by atoms with Gasteiger partial charge in [-0.15, -0.1) is 0 Å². The van der Waals surface area contributed by atoms with Crippen LogP contribution in [0.15, 0.2) is 18.2 Å². The molecule has 1 aromatic rings. The zero-order valence-corrected chi connectivity index (χ0v) is 8.08. The average Bonchev–Trinajstić information content (AvgIpc) is 2.18. The Morgan fingerprint density at radius 3 is 2.69 bits per heavy atom. The minimum atomic E-state index is 0.649. The van der Waals surface area contributed by atoms with Crippen LogP contribution in [0.1, 0.15) is 25.0 Å². The van der Waals surface area contributed by atoms with Crippen molar-refractivity contribution in [1.82, 2.24) is 0 Å². The molecule has 0 saturated heterocycles. The van der Waals surface area contributed by atoms with E-state index in [1.54, 1.807) is 0 Å². The second-order valence-corrected chi connectivity index (χ2v) is 2.78. The zero-order chi connectivity index (χ0) is 9.68. The first-order valence-corrected chi connectivity index (χ1v) is 4.55. The van der Waals surface area contributed by atoms with Crippen molar-refractivity contribution in [3.05, 3.63) is 35.9 Å². The molecule has 71 valence electrons. The summed E-state index contributed by atoms with van der Waals surface area (Å²) >= 11 is 0.